The summed E-state index contributed by atoms with van der Waals surface area (Å²) in [5.41, 5.74) is 1.92. The Morgan fingerprint density at radius 1 is 1.32 bits per heavy atom. The van der Waals surface area contributed by atoms with E-state index in [2.05, 4.69) is 4.98 Å². The highest BCUT2D eigenvalue weighted by Crippen LogP contribution is 2.38. The van der Waals surface area contributed by atoms with Crippen molar-refractivity contribution in [2.45, 2.75) is 19.6 Å². The monoisotopic (exact) mass is 354 g/mol. The Morgan fingerprint density at radius 2 is 2.00 bits per heavy atom. The van der Waals surface area contributed by atoms with Gasteiger partial charge < -0.3 is 9.52 Å². The van der Waals surface area contributed by atoms with Gasteiger partial charge >= 0.3 is 12.1 Å². The first-order chi connectivity index (χ1) is 11.7. The lowest BCUT2D eigenvalue weighted by atomic mass is 9.96. The van der Waals surface area contributed by atoms with E-state index >= 15 is 0 Å². The molecule has 5 nitrogen and oxygen atoms in total. The van der Waals surface area contributed by atoms with Crippen LogP contribution in [0.3, 0.4) is 0 Å². The standard InChI is InChI=1S/C17H17F3N2O3/c1-10-2-4-11(5-3-10)14-6-21-15(25-14)9-22-7-12(16(23)24)13(8-22)17(18,19)20/h2-6,12-13H,7-9H2,1H3,(H,23,24)/t12-,13-/m1/s1. The van der Waals surface area contributed by atoms with Crippen molar-refractivity contribution >= 4 is 5.97 Å². The summed E-state index contributed by atoms with van der Waals surface area (Å²) in [6.07, 6.45) is -3.02. The first kappa shape index (κ1) is 17.5. The third-order valence-electron chi connectivity index (χ3n) is 4.38. The highest BCUT2D eigenvalue weighted by Gasteiger charge is 2.52. The van der Waals surface area contributed by atoms with Crippen molar-refractivity contribution in [1.29, 1.82) is 0 Å². The van der Waals surface area contributed by atoms with E-state index in [1.54, 1.807) is 0 Å². The van der Waals surface area contributed by atoms with Crippen LogP contribution in [-0.2, 0) is 11.3 Å². The Balaban J connectivity index is 1.71. The number of nitrogens with zero attached hydrogens (tertiary/aromatic N) is 2. The topological polar surface area (TPSA) is 66.6 Å². The van der Waals surface area contributed by atoms with E-state index in [4.69, 9.17) is 9.52 Å². The van der Waals surface area contributed by atoms with E-state index in [1.165, 1.54) is 11.1 Å². The van der Waals surface area contributed by atoms with Crippen molar-refractivity contribution in [3.63, 3.8) is 0 Å². The number of carboxylic acid groups (broad SMARTS) is 1. The van der Waals surface area contributed by atoms with Gasteiger partial charge in [-0.15, -0.1) is 0 Å². The number of oxazole rings is 1. The molecule has 3 rings (SSSR count). The molecule has 1 N–H and O–H groups in total. The number of benzene rings is 1. The maximum Gasteiger partial charge on any atom is 0.393 e. The maximum absolute atomic E-state index is 13.0. The molecule has 8 heteroatoms. The lowest BCUT2D eigenvalue weighted by Gasteiger charge is -2.18. The van der Waals surface area contributed by atoms with Crippen LogP contribution in [0.4, 0.5) is 13.2 Å². The summed E-state index contributed by atoms with van der Waals surface area (Å²) in [6.45, 7) is 1.45. The van der Waals surface area contributed by atoms with Gasteiger partial charge in [0.15, 0.2) is 5.76 Å². The first-order valence-electron chi connectivity index (χ1n) is 7.77. The van der Waals surface area contributed by atoms with Gasteiger partial charge in [0.1, 0.15) is 0 Å². The van der Waals surface area contributed by atoms with Crippen molar-refractivity contribution in [2.75, 3.05) is 13.1 Å². The van der Waals surface area contributed by atoms with E-state index < -0.39 is 24.0 Å². The van der Waals surface area contributed by atoms with Gasteiger partial charge in [-0.25, -0.2) is 4.98 Å². The average molecular weight is 354 g/mol. The Hall–Kier alpha value is -2.35. The maximum atomic E-state index is 13.0. The van der Waals surface area contributed by atoms with E-state index in [0.29, 0.717) is 5.76 Å². The van der Waals surface area contributed by atoms with Crippen LogP contribution < -0.4 is 0 Å². The number of alkyl halides is 3. The van der Waals surface area contributed by atoms with Crippen molar-refractivity contribution < 1.29 is 27.5 Å². The summed E-state index contributed by atoms with van der Waals surface area (Å²) in [5, 5.41) is 9.04. The lowest BCUT2D eigenvalue weighted by molar-refractivity contribution is -0.188. The lowest BCUT2D eigenvalue weighted by Crippen LogP contribution is -2.33. The SMILES string of the molecule is Cc1ccc(-c2cnc(CN3C[C@@H](C(F)(F)F)[C@H](C(=O)O)C3)o2)cc1. The number of aryl methyl sites for hydroxylation is 1. The number of likely N-dealkylation sites (tertiary alicyclic amines) is 1. The number of rotatable bonds is 4. The molecule has 1 aliphatic rings. The van der Waals surface area contributed by atoms with Crippen LogP contribution >= 0.6 is 0 Å². The molecule has 2 atom stereocenters. The Morgan fingerprint density at radius 3 is 2.56 bits per heavy atom. The molecular weight excluding hydrogens is 337 g/mol. The largest absolute Gasteiger partial charge is 0.481 e. The van der Waals surface area contributed by atoms with Gasteiger partial charge in [0.05, 0.1) is 24.6 Å². The highest BCUT2D eigenvalue weighted by atomic mass is 19.4. The Labute approximate surface area is 142 Å². The van der Waals surface area contributed by atoms with Crippen LogP contribution in [0.1, 0.15) is 11.5 Å². The number of carboxylic acids is 1. The fraction of sp³-hybridized carbons (Fsp3) is 0.412. The summed E-state index contributed by atoms with van der Waals surface area (Å²) < 4.78 is 44.6. The van der Waals surface area contributed by atoms with Crippen LogP contribution in [0.25, 0.3) is 11.3 Å². The van der Waals surface area contributed by atoms with Gasteiger partial charge in [-0.3, -0.25) is 9.69 Å². The van der Waals surface area contributed by atoms with E-state index in [-0.39, 0.29) is 25.5 Å². The van der Waals surface area contributed by atoms with Gasteiger partial charge in [-0.1, -0.05) is 29.8 Å². The van der Waals surface area contributed by atoms with Gasteiger partial charge in [0.25, 0.3) is 0 Å². The van der Waals surface area contributed by atoms with Crippen LogP contribution in [0, 0.1) is 18.8 Å². The predicted molar refractivity (Wildman–Crippen MR) is 82.6 cm³/mol. The molecule has 1 fully saturated rings. The molecule has 1 aliphatic heterocycles. The molecule has 0 amide bonds. The molecule has 1 saturated heterocycles. The third kappa shape index (κ3) is 3.84. The minimum absolute atomic E-state index is 0.0439. The predicted octanol–water partition coefficient (Wildman–Crippen LogP) is 3.34. The minimum atomic E-state index is -4.54. The summed E-state index contributed by atoms with van der Waals surface area (Å²) in [7, 11) is 0. The summed E-state index contributed by atoms with van der Waals surface area (Å²) in [6, 6.07) is 7.58. The van der Waals surface area contributed by atoms with E-state index in [0.717, 1.165) is 11.1 Å². The number of carbonyl (C=O) groups is 1. The molecule has 0 spiro atoms. The quantitative estimate of drug-likeness (QED) is 0.912. The van der Waals surface area contributed by atoms with Crippen molar-refractivity contribution in [3.05, 3.63) is 41.9 Å². The fourth-order valence-electron chi connectivity index (χ4n) is 3.02. The summed E-state index contributed by atoms with van der Waals surface area (Å²) >= 11 is 0. The van der Waals surface area contributed by atoms with Gasteiger partial charge in [0, 0.05) is 18.7 Å². The van der Waals surface area contributed by atoms with Crippen molar-refractivity contribution in [1.82, 2.24) is 9.88 Å². The zero-order valence-corrected chi connectivity index (χ0v) is 13.5. The number of hydrogen-bond donors (Lipinski definition) is 1. The second-order valence-corrected chi connectivity index (χ2v) is 6.27. The summed E-state index contributed by atoms with van der Waals surface area (Å²) in [5.74, 6) is -3.99. The molecule has 0 bridgehead atoms. The summed E-state index contributed by atoms with van der Waals surface area (Å²) in [4.78, 5) is 16.6. The Kier molecular flexibility index (Phi) is 4.55. The molecule has 1 aromatic heterocycles. The average Bonchev–Trinajstić information content (AvgIpc) is 3.15. The van der Waals surface area contributed by atoms with Crippen molar-refractivity contribution in [2.24, 2.45) is 11.8 Å². The first-order valence-corrected chi connectivity index (χ1v) is 7.77. The van der Waals surface area contributed by atoms with Crippen molar-refractivity contribution in [3.8, 4) is 11.3 Å². The van der Waals surface area contributed by atoms with Crippen LogP contribution in [0.5, 0.6) is 0 Å². The fourth-order valence-corrected chi connectivity index (χ4v) is 3.02. The molecule has 25 heavy (non-hydrogen) atoms. The number of aromatic nitrogens is 1. The molecule has 0 aliphatic carbocycles. The molecule has 134 valence electrons. The smallest absolute Gasteiger partial charge is 0.393 e. The molecule has 0 unspecified atom stereocenters. The molecule has 0 radical (unpaired) electrons. The van der Waals surface area contributed by atoms with Crippen LogP contribution in [0.15, 0.2) is 34.9 Å². The number of aliphatic carboxylic acids is 1. The second-order valence-electron chi connectivity index (χ2n) is 6.27. The second kappa shape index (κ2) is 6.51. The molecule has 1 aromatic carbocycles. The van der Waals surface area contributed by atoms with Gasteiger partial charge in [-0.05, 0) is 6.92 Å². The molecule has 2 aromatic rings. The Bertz CT molecular complexity index is 755. The molecule has 2 heterocycles. The van der Waals surface area contributed by atoms with Gasteiger partial charge in [-0.2, -0.15) is 13.2 Å². The third-order valence-corrected chi connectivity index (χ3v) is 4.38. The molecule has 0 saturated carbocycles. The normalized spacial score (nSPS) is 21.6. The van der Waals surface area contributed by atoms with E-state index in [1.807, 2.05) is 31.2 Å². The van der Waals surface area contributed by atoms with Crippen LogP contribution in [0.2, 0.25) is 0 Å². The van der Waals surface area contributed by atoms with E-state index in [9.17, 15) is 18.0 Å². The van der Waals surface area contributed by atoms with Gasteiger partial charge in [0.2, 0.25) is 5.89 Å². The molecular formula is C17H17F3N2O3. The zero-order valence-electron chi connectivity index (χ0n) is 13.5. The zero-order chi connectivity index (χ0) is 18.2. The van der Waals surface area contributed by atoms with Crippen LogP contribution in [-0.4, -0.2) is 40.2 Å². The highest BCUT2D eigenvalue weighted by molar-refractivity contribution is 5.71. The minimum Gasteiger partial charge on any atom is -0.481 e. The number of halogens is 3. The number of hydrogen-bond acceptors (Lipinski definition) is 4.